The molecule has 0 unspecified atom stereocenters. The molecule has 0 saturated heterocycles. The third kappa shape index (κ3) is 5.14. The van der Waals surface area contributed by atoms with Gasteiger partial charge in [0.25, 0.3) is 0 Å². The van der Waals surface area contributed by atoms with E-state index >= 15 is 0 Å². The van der Waals surface area contributed by atoms with Crippen molar-refractivity contribution in [3.05, 3.63) is 0 Å². The topological polar surface area (TPSA) is 38.7 Å². The highest BCUT2D eigenvalue weighted by Gasteiger charge is 1.78. The van der Waals surface area contributed by atoms with Gasteiger partial charge in [-0.1, -0.05) is 5.16 Å². The van der Waals surface area contributed by atoms with Gasteiger partial charge in [-0.15, -0.1) is 0 Å². The van der Waals surface area contributed by atoms with Crippen molar-refractivity contribution in [2.45, 2.75) is 6.92 Å². The van der Waals surface area contributed by atoms with Gasteiger partial charge in [-0.2, -0.15) is 0 Å². The van der Waals surface area contributed by atoms with E-state index < -0.39 is 0 Å². The van der Waals surface area contributed by atoms with Crippen LogP contribution in [0.2, 0.25) is 0 Å². The first-order valence-electron chi connectivity index (χ1n) is 1.84. The summed E-state index contributed by atoms with van der Waals surface area (Å²) in [6.07, 6.45) is 1.11. The van der Waals surface area contributed by atoms with Crippen molar-refractivity contribution in [3.63, 3.8) is 0 Å². The summed E-state index contributed by atoms with van der Waals surface area (Å²) in [5.41, 5.74) is 0. The number of carbonyl (C=O) groups is 1. The third-order valence-electron chi connectivity index (χ3n) is 0.340. The molecule has 0 fully saturated rings. The summed E-state index contributed by atoms with van der Waals surface area (Å²) in [5.74, 6) is -0.109. The molecule has 0 aliphatic rings. The Morgan fingerprint density at radius 1 is 1.86 bits per heavy atom. The maximum atomic E-state index is 9.97. The lowest BCUT2D eigenvalue weighted by atomic mass is 10.5. The molecule has 0 aromatic heterocycles. The molecule has 0 N–H and O–H groups in total. The fourth-order valence-electron chi connectivity index (χ4n) is 0.127. The van der Waals surface area contributed by atoms with Crippen LogP contribution in [0.15, 0.2) is 5.16 Å². The van der Waals surface area contributed by atoms with Crippen LogP contribution in [-0.2, 0) is 9.63 Å². The van der Waals surface area contributed by atoms with Gasteiger partial charge in [-0.05, 0) is 0 Å². The highest BCUT2D eigenvalue weighted by atomic mass is 16.6. The second kappa shape index (κ2) is 3.33. The molecule has 0 amide bonds. The van der Waals surface area contributed by atoms with Crippen molar-refractivity contribution in [2.24, 2.45) is 5.16 Å². The van der Waals surface area contributed by atoms with Crippen molar-refractivity contribution < 1.29 is 9.63 Å². The fraction of sp³-hybridized carbons (Fsp3) is 0.500. The zero-order chi connectivity index (χ0) is 5.70. The van der Waals surface area contributed by atoms with Gasteiger partial charge in [0.15, 0.2) is 5.78 Å². The van der Waals surface area contributed by atoms with Gasteiger partial charge in [0.05, 0.1) is 0 Å². The number of ketones is 1. The third-order valence-corrected chi connectivity index (χ3v) is 0.340. The Labute approximate surface area is 42.0 Å². The summed E-state index contributed by atoms with van der Waals surface area (Å²) < 4.78 is 0. The molecule has 0 aromatic rings. The van der Waals surface area contributed by atoms with Crippen molar-refractivity contribution in [3.8, 4) is 0 Å². The predicted molar refractivity (Wildman–Crippen MR) is 26.2 cm³/mol. The van der Waals surface area contributed by atoms with Crippen LogP contribution in [0.3, 0.4) is 0 Å². The fourth-order valence-corrected chi connectivity index (χ4v) is 0.127. The normalized spacial score (nSPS) is 9.43. The lowest BCUT2D eigenvalue weighted by molar-refractivity contribution is -0.110. The Hall–Kier alpha value is -0.860. The van der Waals surface area contributed by atoms with Crippen LogP contribution in [0.1, 0.15) is 6.92 Å². The predicted octanol–water partition coefficient (Wildman–Crippen LogP) is 0.208. The highest BCUT2D eigenvalue weighted by Crippen LogP contribution is 1.63. The maximum Gasteiger partial charge on any atom is 0.174 e. The number of hydrogen-bond acceptors (Lipinski definition) is 3. The van der Waals surface area contributed by atoms with E-state index in [1.807, 2.05) is 0 Å². The molecule has 0 bridgehead atoms. The molecule has 0 rings (SSSR count). The van der Waals surface area contributed by atoms with E-state index in [4.69, 9.17) is 0 Å². The molecular formula is C4H7NO2. The van der Waals surface area contributed by atoms with E-state index in [2.05, 4.69) is 9.99 Å². The van der Waals surface area contributed by atoms with Crippen LogP contribution in [0, 0.1) is 0 Å². The smallest absolute Gasteiger partial charge is 0.174 e. The molecule has 3 heteroatoms. The van der Waals surface area contributed by atoms with E-state index in [0.29, 0.717) is 0 Å². The van der Waals surface area contributed by atoms with Crippen molar-refractivity contribution in [1.29, 1.82) is 0 Å². The minimum Gasteiger partial charge on any atom is -0.399 e. The molecule has 0 aliphatic heterocycles. The van der Waals surface area contributed by atoms with Crippen LogP contribution in [0.5, 0.6) is 0 Å². The number of carbonyl (C=O) groups excluding carboxylic acids is 1. The van der Waals surface area contributed by atoms with E-state index in [1.54, 1.807) is 0 Å². The first kappa shape index (κ1) is 6.14. The molecule has 0 radical (unpaired) electrons. The van der Waals surface area contributed by atoms with Crippen LogP contribution in [0.25, 0.3) is 0 Å². The molecule has 7 heavy (non-hydrogen) atoms. The molecule has 0 spiro atoms. The second-order valence-corrected chi connectivity index (χ2v) is 1.03. The lowest BCUT2D eigenvalue weighted by Gasteiger charge is -1.78. The van der Waals surface area contributed by atoms with Gasteiger partial charge in [-0.3, -0.25) is 4.79 Å². The monoisotopic (exact) mass is 101 g/mol. The molecule has 0 aliphatic carbocycles. The van der Waals surface area contributed by atoms with Crippen molar-refractivity contribution in [2.75, 3.05) is 7.11 Å². The zero-order valence-corrected chi connectivity index (χ0v) is 4.34. The van der Waals surface area contributed by atoms with E-state index in [-0.39, 0.29) is 5.78 Å². The van der Waals surface area contributed by atoms with Crippen LogP contribution >= 0.6 is 0 Å². The van der Waals surface area contributed by atoms with Crippen molar-refractivity contribution in [1.82, 2.24) is 0 Å². The largest absolute Gasteiger partial charge is 0.399 e. The minimum atomic E-state index is -0.109. The van der Waals surface area contributed by atoms with Gasteiger partial charge >= 0.3 is 0 Å². The van der Waals surface area contributed by atoms with Gasteiger partial charge in [0.1, 0.15) is 13.3 Å². The molecular weight excluding hydrogens is 94.0 g/mol. The van der Waals surface area contributed by atoms with Gasteiger partial charge in [0, 0.05) is 6.92 Å². The summed E-state index contributed by atoms with van der Waals surface area (Å²) in [7, 11) is 1.39. The standard InChI is InChI=1S/C4H7NO2/c1-4(6)3-5-7-2/h3H,1-2H3. The number of hydrogen-bond donors (Lipinski definition) is 0. The van der Waals surface area contributed by atoms with Crippen LogP contribution in [0.4, 0.5) is 0 Å². The van der Waals surface area contributed by atoms with E-state index in [1.165, 1.54) is 14.0 Å². The second-order valence-electron chi connectivity index (χ2n) is 1.03. The SMILES string of the molecule is CON=CC(C)=O. The minimum absolute atomic E-state index is 0.109. The molecule has 0 atom stereocenters. The zero-order valence-electron chi connectivity index (χ0n) is 4.34. The highest BCUT2D eigenvalue weighted by molar-refractivity contribution is 6.26. The van der Waals surface area contributed by atoms with Crippen LogP contribution < -0.4 is 0 Å². The Kier molecular flexibility index (Phi) is 2.92. The summed E-state index contributed by atoms with van der Waals surface area (Å²) >= 11 is 0. The molecule has 0 aromatic carbocycles. The maximum absolute atomic E-state index is 9.97. The number of Topliss-reactive ketones (excluding diaryl/α,β-unsaturated/α-hetero) is 1. The van der Waals surface area contributed by atoms with Gasteiger partial charge in [0.2, 0.25) is 0 Å². The summed E-state index contributed by atoms with van der Waals surface area (Å²) in [6.45, 7) is 1.41. The van der Waals surface area contributed by atoms with Gasteiger partial charge in [-0.25, -0.2) is 0 Å². The first-order chi connectivity index (χ1) is 3.27. The quantitative estimate of drug-likeness (QED) is 0.368. The average Bonchev–Trinajstić information content (AvgIpc) is 1.61. The van der Waals surface area contributed by atoms with Crippen LogP contribution in [-0.4, -0.2) is 19.1 Å². The molecule has 40 valence electrons. The summed E-state index contributed by atoms with van der Waals surface area (Å²) in [6, 6.07) is 0. The summed E-state index contributed by atoms with van der Waals surface area (Å²) in [4.78, 5) is 14.2. The first-order valence-corrected chi connectivity index (χ1v) is 1.84. The number of oxime groups is 1. The molecule has 3 nitrogen and oxygen atoms in total. The van der Waals surface area contributed by atoms with Crippen molar-refractivity contribution >= 4 is 12.0 Å². The number of nitrogens with zero attached hydrogens (tertiary/aromatic N) is 1. The van der Waals surface area contributed by atoms with Gasteiger partial charge < -0.3 is 4.84 Å². The van der Waals surface area contributed by atoms with E-state index in [9.17, 15) is 4.79 Å². The average molecular weight is 101 g/mol. The Morgan fingerprint density at radius 2 is 2.43 bits per heavy atom. The Bertz CT molecular complexity index is 87.7. The molecule has 0 saturated carbocycles. The Morgan fingerprint density at radius 3 is 2.57 bits per heavy atom. The molecule has 0 heterocycles. The lowest BCUT2D eigenvalue weighted by Crippen LogP contribution is -1.89. The van der Waals surface area contributed by atoms with E-state index in [0.717, 1.165) is 6.21 Å². The number of rotatable bonds is 2. The summed E-state index contributed by atoms with van der Waals surface area (Å²) in [5, 5.41) is 3.20. The Balaban J connectivity index is 3.26.